The van der Waals surface area contributed by atoms with Gasteiger partial charge in [-0.05, 0) is 61.0 Å². The summed E-state index contributed by atoms with van der Waals surface area (Å²) in [5.41, 5.74) is 5.20. The van der Waals surface area contributed by atoms with E-state index in [-0.39, 0.29) is 43.5 Å². The van der Waals surface area contributed by atoms with Crippen LogP contribution in [0.5, 0.6) is 0 Å². The molecule has 1 aliphatic rings. The van der Waals surface area contributed by atoms with Crippen LogP contribution < -0.4 is 5.19 Å². The predicted molar refractivity (Wildman–Crippen MR) is 202 cm³/mol. The summed E-state index contributed by atoms with van der Waals surface area (Å²) in [5.74, 6) is 3.17. The van der Waals surface area contributed by atoms with Crippen LogP contribution in [0.1, 0.15) is 125 Å². The third kappa shape index (κ3) is 10.2. The Labute approximate surface area is 301 Å². The number of hydrogen-bond acceptors (Lipinski definition) is 3. The molecule has 1 N–H and O–H groups in total. The number of aromatic nitrogens is 1. The Hall–Kier alpha value is -2.07. The maximum Gasteiger partial charge on any atom is 0.162 e. The van der Waals surface area contributed by atoms with E-state index in [1.807, 2.05) is 27.7 Å². The molecule has 261 valence electrons. The number of benzene rings is 2. The summed E-state index contributed by atoms with van der Waals surface area (Å²) in [7, 11) is -1.55. The normalized spacial score (nSPS) is 15.7. The molecule has 0 saturated heterocycles. The molecule has 1 atom stereocenters. The van der Waals surface area contributed by atoms with E-state index < -0.39 is 8.07 Å². The van der Waals surface area contributed by atoms with Gasteiger partial charge >= 0.3 is 0 Å². The van der Waals surface area contributed by atoms with Crippen molar-refractivity contribution in [2.75, 3.05) is 0 Å². The third-order valence-electron chi connectivity index (χ3n) is 10.1. The molecule has 0 aliphatic carbocycles. The van der Waals surface area contributed by atoms with Gasteiger partial charge in [0.15, 0.2) is 5.78 Å². The number of carbonyl (C=O) groups excluding carboxylic acids is 1. The molecular formula is C42H62IrNO2Si-. The zero-order valence-corrected chi connectivity index (χ0v) is 34.6. The molecule has 1 unspecified atom stereocenters. The number of rotatable bonds is 13. The van der Waals surface area contributed by atoms with Crippen molar-refractivity contribution in [3.05, 3.63) is 71.6 Å². The van der Waals surface area contributed by atoms with Crippen LogP contribution in [-0.4, -0.2) is 23.9 Å². The fourth-order valence-electron chi connectivity index (χ4n) is 7.96. The fraction of sp³-hybridized carbons (Fsp3) is 0.571. The van der Waals surface area contributed by atoms with E-state index in [1.165, 1.54) is 46.1 Å². The van der Waals surface area contributed by atoms with Gasteiger partial charge in [-0.3, -0.25) is 9.78 Å². The molecule has 2 aromatic carbocycles. The maximum atomic E-state index is 11.7. The van der Waals surface area contributed by atoms with Gasteiger partial charge in [-0.1, -0.05) is 129 Å². The number of ketones is 1. The largest absolute Gasteiger partial charge is 0.512 e. The van der Waals surface area contributed by atoms with Crippen molar-refractivity contribution in [1.29, 1.82) is 0 Å². The van der Waals surface area contributed by atoms with Crippen molar-refractivity contribution < 1.29 is 30.0 Å². The van der Waals surface area contributed by atoms with Crippen molar-refractivity contribution in [1.82, 2.24) is 4.98 Å². The molecule has 1 aliphatic heterocycles. The Kier molecular flexibility index (Phi) is 16.3. The number of hydrogen-bond donors (Lipinski definition) is 1. The number of carbonyl (C=O) groups is 1. The second kappa shape index (κ2) is 18.6. The van der Waals surface area contributed by atoms with Gasteiger partial charge in [-0.15, -0.1) is 29.1 Å². The molecule has 3 nitrogen and oxygen atoms in total. The number of aliphatic hydroxyl groups excluding tert-OH is 1. The van der Waals surface area contributed by atoms with Crippen LogP contribution in [-0.2, 0) is 24.9 Å². The number of aliphatic hydroxyl groups is 1. The van der Waals surface area contributed by atoms with Gasteiger partial charge in [0.05, 0.1) is 13.8 Å². The molecule has 47 heavy (non-hydrogen) atoms. The quantitative estimate of drug-likeness (QED) is 0.0808. The molecule has 0 fully saturated rings. The first-order chi connectivity index (χ1) is 21.8. The molecule has 0 amide bonds. The van der Waals surface area contributed by atoms with E-state index in [0.29, 0.717) is 11.8 Å². The van der Waals surface area contributed by atoms with Crippen LogP contribution in [0.25, 0.3) is 22.0 Å². The SMILES string of the molecule is CC(C)C[Si]1(CC(C)C)CC(C)c2cnc(-c3[c-]c4ccccc4c(C(C)C)c3)cc21.CCC(CC)C(=O)/C=C(\O)C(CC)CC.[Ir]. The summed E-state index contributed by atoms with van der Waals surface area (Å²) in [6.45, 7) is 24.7. The second-order valence-corrected chi connectivity index (χ2v) is 19.4. The van der Waals surface area contributed by atoms with Crippen molar-refractivity contribution in [2.45, 2.75) is 132 Å². The van der Waals surface area contributed by atoms with Gasteiger partial charge in [0.25, 0.3) is 0 Å². The average molecular weight is 833 g/mol. The van der Waals surface area contributed by atoms with Gasteiger partial charge in [-0.25, -0.2) is 0 Å². The first-order valence-electron chi connectivity index (χ1n) is 18.2. The topological polar surface area (TPSA) is 50.2 Å². The third-order valence-corrected chi connectivity index (χ3v) is 16.3. The molecule has 5 heteroatoms. The van der Waals surface area contributed by atoms with E-state index >= 15 is 0 Å². The van der Waals surface area contributed by atoms with Crippen molar-refractivity contribution in [3.8, 4) is 11.3 Å². The second-order valence-electron chi connectivity index (χ2n) is 15.1. The Balaban J connectivity index is 0.000000410. The Morgan fingerprint density at radius 1 is 0.936 bits per heavy atom. The number of nitrogens with zero attached hydrogens (tertiary/aromatic N) is 1. The van der Waals surface area contributed by atoms with Crippen molar-refractivity contribution in [3.63, 3.8) is 0 Å². The summed E-state index contributed by atoms with van der Waals surface area (Å²) < 4.78 is 0. The van der Waals surface area contributed by atoms with Gasteiger partial charge < -0.3 is 5.11 Å². The molecule has 3 aromatic rings. The molecule has 0 saturated carbocycles. The summed E-state index contributed by atoms with van der Waals surface area (Å²) in [5, 5.41) is 14.0. The molecule has 1 aromatic heterocycles. The van der Waals surface area contributed by atoms with Crippen LogP contribution >= 0.6 is 0 Å². The Morgan fingerprint density at radius 2 is 1.51 bits per heavy atom. The van der Waals surface area contributed by atoms with Gasteiger partial charge in [0, 0.05) is 49.9 Å². The number of fused-ring (bicyclic) bond motifs is 2. The summed E-state index contributed by atoms with van der Waals surface area (Å²) in [6, 6.07) is 21.4. The van der Waals surface area contributed by atoms with E-state index in [1.54, 1.807) is 5.19 Å². The number of pyridine rings is 1. The van der Waals surface area contributed by atoms with Crippen LogP contribution in [0, 0.1) is 29.7 Å². The Bertz CT molecular complexity index is 1450. The van der Waals surface area contributed by atoms with Crippen LogP contribution in [0.3, 0.4) is 0 Å². The summed E-state index contributed by atoms with van der Waals surface area (Å²) >= 11 is 0. The first-order valence-corrected chi connectivity index (χ1v) is 20.8. The Morgan fingerprint density at radius 3 is 2.04 bits per heavy atom. The van der Waals surface area contributed by atoms with Crippen molar-refractivity contribution >= 4 is 29.8 Å². The molecule has 0 spiro atoms. The number of allylic oxidation sites excluding steroid dienone is 2. The van der Waals surface area contributed by atoms with Gasteiger partial charge in [-0.2, -0.15) is 0 Å². The summed E-state index contributed by atoms with van der Waals surface area (Å²) in [4.78, 5) is 16.7. The maximum absolute atomic E-state index is 11.7. The van der Waals surface area contributed by atoms with Crippen molar-refractivity contribution in [2.24, 2.45) is 23.7 Å². The van der Waals surface area contributed by atoms with Crippen LogP contribution in [0.15, 0.2) is 54.4 Å². The monoisotopic (exact) mass is 833 g/mol. The molecular weight excluding hydrogens is 771 g/mol. The van der Waals surface area contributed by atoms with E-state index in [2.05, 4.69) is 97.1 Å². The van der Waals surface area contributed by atoms with E-state index in [4.69, 9.17) is 4.98 Å². The zero-order valence-electron chi connectivity index (χ0n) is 31.2. The van der Waals surface area contributed by atoms with E-state index in [9.17, 15) is 9.90 Å². The first kappa shape index (κ1) is 41.1. The minimum Gasteiger partial charge on any atom is -0.512 e. The average Bonchev–Trinajstić information content (AvgIpc) is 3.26. The minimum absolute atomic E-state index is 0. The minimum atomic E-state index is -1.55. The van der Waals surface area contributed by atoms with Gasteiger partial charge in [0.2, 0.25) is 0 Å². The zero-order chi connectivity index (χ0) is 34.2. The van der Waals surface area contributed by atoms with Crippen LogP contribution in [0.2, 0.25) is 18.1 Å². The standard InChI is InChI=1S/C29H38NSi.C13H24O2.Ir/c1-19(2)16-31(17-20(3)4)18-22(7)27-15-30-28(14-29(27)31)24-12-23-10-8-9-11-25(23)26(13-24)21(5)6;1-5-10(6-2)12(14)9-13(15)11(7-3)8-4;/h8-11,13-15,19-22H,16-18H2,1-7H3;9-11,14H,5-8H2,1-4H3;/q-1;;/b;12-9-;. The van der Waals surface area contributed by atoms with Gasteiger partial charge in [0.1, 0.15) is 0 Å². The smallest absolute Gasteiger partial charge is 0.162 e. The molecule has 1 radical (unpaired) electrons. The van der Waals surface area contributed by atoms with E-state index in [0.717, 1.165) is 48.8 Å². The molecule has 0 bridgehead atoms. The predicted octanol–water partition coefficient (Wildman–Crippen LogP) is 11.8. The summed E-state index contributed by atoms with van der Waals surface area (Å²) in [6.07, 6.45) is 7.12. The molecule has 4 rings (SSSR count). The van der Waals surface area contributed by atoms with Crippen LogP contribution in [0.4, 0.5) is 0 Å². The molecule has 2 heterocycles. The fourth-order valence-corrected chi connectivity index (χ4v) is 15.0.